The minimum absolute atomic E-state index is 0.0149. The molecular weight excluding hydrogens is 236 g/mol. The van der Waals surface area contributed by atoms with Gasteiger partial charge in [0.25, 0.3) is 5.56 Å². The first-order valence-electron chi connectivity index (χ1n) is 4.93. The van der Waals surface area contributed by atoms with Crippen molar-refractivity contribution in [1.29, 1.82) is 0 Å². The van der Waals surface area contributed by atoms with Crippen LogP contribution in [0.3, 0.4) is 0 Å². The van der Waals surface area contributed by atoms with Crippen LogP contribution in [0, 0.1) is 6.92 Å². The van der Waals surface area contributed by atoms with Gasteiger partial charge in [-0.05, 0) is 29.7 Å². The summed E-state index contributed by atoms with van der Waals surface area (Å²) in [5.41, 5.74) is 9.11. The number of fused-ring (bicyclic) bond motifs is 1. The van der Waals surface area contributed by atoms with Gasteiger partial charge in [0.05, 0.1) is 11.1 Å². The number of aryl methyl sites for hydroxylation is 1. The van der Waals surface area contributed by atoms with E-state index < -0.39 is 5.56 Å². The largest absolute Gasteiger partial charge is 0.410 e. The molecule has 8 nitrogen and oxygen atoms in total. The molecule has 2 rings (SSSR count). The highest BCUT2D eigenvalue weighted by Crippen LogP contribution is 2.14. The van der Waals surface area contributed by atoms with Gasteiger partial charge in [0.1, 0.15) is 0 Å². The number of rotatable bonds is 1. The fraction of sp³-hybridized carbons (Fsp3) is 0.100. The molecule has 8 heteroatoms. The molecule has 2 N–H and O–H groups in total. The van der Waals surface area contributed by atoms with Gasteiger partial charge in [-0.3, -0.25) is 9.78 Å². The number of nitrogens with zero attached hydrogens (tertiary/aromatic N) is 5. The van der Waals surface area contributed by atoms with E-state index in [-0.39, 0.29) is 11.4 Å². The molecule has 0 aliphatic heterocycles. The number of aromatic amines is 1. The van der Waals surface area contributed by atoms with Crippen molar-refractivity contribution in [3.63, 3.8) is 0 Å². The summed E-state index contributed by atoms with van der Waals surface area (Å²) >= 11 is 0. The molecule has 0 unspecified atom stereocenters. The Balaban J connectivity index is 2.81. The normalized spacial score (nSPS) is 11.3. The van der Waals surface area contributed by atoms with Gasteiger partial charge in [-0.25, -0.2) is 0 Å². The van der Waals surface area contributed by atoms with Crippen LogP contribution in [0.4, 0.5) is 0 Å². The lowest BCUT2D eigenvalue weighted by Gasteiger charge is -2.03. The van der Waals surface area contributed by atoms with Crippen LogP contribution in [0.1, 0.15) is 11.3 Å². The van der Waals surface area contributed by atoms with E-state index in [1.807, 2.05) is 0 Å². The highest BCUT2D eigenvalue weighted by molar-refractivity contribution is 6.01. The van der Waals surface area contributed by atoms with E-state index in [1.165, 1.54) is 6.07 Å². The molecule has 2 heterocycles. The van der Waals surface area contributed by atoms with Crippen LogP contribution in [-0.4, -0.2) is 21.0 Å². The number of pyridine rings is 2. The van der Waals surface area contributed by atoms with Crippen molar-refractivity contribution in [2.75, 3.05) is 0 Å². The van der Waals surface area contributed by atoms with Gasteiger partial charge < -0.3 is 10.2 Å². The number of amidine groups is 1. The molecule has 18 heavy (non-hydrogen) atoms. The average Bonchev–Trinajstić information content (AvgIpc) is 2.36. The smallest absolute Gasteiger partial charge is 0.257 e. The Labute approximate surface area is 100 Å². The number of aromatic nitrogens is 2. The first kappa shape index (κ1) is 11.6. The molecule has 0 spiro atoms. The Morgan fingerprint density at radius 3 is 3.06 bits per heavy atom. The molecule has 0 radical (unpaired) electrons. The van der Waals surface area contributed by atoms with Crippen LogP contribution in [0.2, 0.25) is 0 Å². The van der Waals surface area contributed by atoms with Crippen molar-refractivity contribution in [3.8, 4) is 0 Å². The number of hydrogen-bond acceptors (Lipinski definition) is 4. The third kappa shape index (κ3) is 1.87. The Bertz CT molecular complexity index is 742. The average molecular weight is 244 g/mol. The monoisotopic (exact) mass is 244 g/mol. The second kappa shape index (κ2) is 4.56. The number of H-pyrrole nitrogens is 1. The predicted octanol–water partition coefficient (Wildman–Crippen LogP) is 1.68. The molecule has 0 aliphatic carbocycles. The molecule has 0 saturated carbocycles. The summed E-state index contributed by atoms with van der Waals surface area (Å²) in [6.45, 7) is 1.77. The first-order valence-corrected chi connectivity index (χ1v) is 4.93. The summed E-state index contributed by atoms with van der Waals surface area (Å²) in [6, 6.07) is 3.12. The highest BCUT2D eigenvalue weighted by atomic mass is 16.4. The van der Waals surface area contributed by atoms with Crippen molar-refractivity contribution in [2.24, 2.45) is 10.3 Å². The fourth-order valence-corrected chi connectivity index (χ4v) is 1.60. The Hall–Kier alpha value is -2.86. The highest BCUT2D eigenvalue weighted by Gasteiger charge is 2.10. The molecule has 0 aromatic carbocycles. The summed E-state index contributed by atoms with van der Waals surface area (Å²) in [4.78, 5) is 20.9. The lowest BCUT2D eigenvalue weighted by molar-refractivity contribution is 0.318. The van der Waals surface area contributed by atoms with E-state index in [0.717, 1.165) is 0 Å². The van der Waals surface area contributed by atoms with E-state index in [0.29, 0.717) is 16.6 Å². The van der Waals surface area contributed by atoms with Crippen LogP contribution < -0.4 is 5.56 Å². The fourth-order valence-electron chi connectivity index (χ4n) is 1.60. The zero-order valence-electron chi connectivity index (χ0n) is 9.32. The quantitative estimate of drug-likeness (QED) is 0.150. The summed E-state index contributed by atoms with van der Waals surface area (Å²) < 4.78 is 0. The molecule has 90 valence electrons. The number of hydrogen-bond donors (Lipinski definition) is 2. The lowest BCUT2D eigenvalue weighted by Crippen LogP contribution is -2.17. The second-order valence-electron chi connectivity index (χ2n) is 3.48. The van der Waals surface area contributed by atoms with Gasteiger partial charge in [-0.1, -0.05) is 5.16 Å². The standard InChI is InChI=1S/C10H8N6O2/c1-5-6-4-7(9(15-18)14-16-11)10(17)13-8(6)2-3-12-5/h2-4,18H,1H3,(H,13,17)/b15-9+. The molecule has 0 amide bonds. The van der Waals surface area contributed by atoms with Gasteiger partial charge in [-0.2, -0.15) is 0 Å². The third-order valence-electron chi connectivity index (χ3n) is 2.45. The SMILES string of the molecule is Cc1nccc2[nH]c(=O)c(/C(N=[N+]=[N-])=N\O)cc12. The van der Waals surface area contributed by atoms with Crippen molar-refractivity contribution in [2.45, 2.75) is 6.92 Å². The number of oxime groups is 1. The summed E-state index contributed by atoms with van der Waals surface area (Å²) in [5.74, 6) is -0.385. The molecule has 0 aliphatic rings. The van der Waals surface area contributed by atoms with E-state index in [9.17, 15) is 4.79 Å². The zero-order valence-corrected chi connectivity index (χ0v) is 9.32. The molecule has 0 saturated heterocycles. The molecule has 0 atom stereocenters. The van der Waals surface area contributed by atoms with E-state index in [2.05, 4.69) is 25.1 Å². The Morgan fingerprint density at radius 1 is 1.61 bits per heavy atom. The topological polar surface area (TPSA) is 127 Å². The minimum atomic E-state index is -0.506. The maximum absolute atomic E-state index is 11.8. The van der Waals surface area contributed by atoms with Gasteiger partial charge in [-0.15, -0.1) is 0 Å². The van der Waals surface area contributed by atoms with E-state index >= 15 is 0 Å². The molecule has 0 bridgehead atoms. The third-order valence-corrected chi connectivity index (χ3v) is 2.45. The number of nitrogens with one attached hydrogen (secondary N) is 1. The number of azide groups is 1. The van der Waals surface area contributed by atoms with Gasteiger partial charge in [0.2, 0.25) is 0 Å². The van der Waals surface area contributed by atoms with Crippen LogP contribution >= 0.6 is 0 Å². The first-order chi connectivity index (χ1) is 8.67. The van der Waals surface area contributed by atoms with Crippen LogP contribution in [0.15, 0.2) is 33.4 Å². The van der Waals surface area contributed by atoms with Crippen molar-refractivity contribution < 1.29 is 5.21 Å². The molecule has 2 aromatic heterocycles. The Morgan fingerprint density at radius 2 is 2.39 bits per heavy atom. The summed E-state index contributed by atoms with van der Waals surface area (Å²) in [6.07, 6.45) is 1.57. The molecule has 0 fully saturated rings. The lowest BCUT2D eigenvalue weighted by atomic mass is 10.1. The summed E-state index contributed by atoms with van der Waals surface area (Å²) in [5, 5.41) is 15.4. The van der Waals surface area contributed by atoms with E-state index in [1.54, 1.807) is 19.2 Å². The minimum Gasteiger partial charge on any atom is -0.410 e. The van der Waals surface area contributed by atoms with Gasteiger partial charge >= 0.3 is 0 Å². The predicted molar refractivity (Wildman–Crippen MR) is 64.6 cm³/mol. The van der Waals surface area contributed by atoms with Gasteiger partial charge in [0, 0.05) is 22.2 Å². The van der Waals surface area contributed by atoms with E-state index in [4.69, 9.17) is 10.7 Å². The summed E-state index contributed by atoms with van der Waals surface area (Å²) in [7, 11) is 0. The van der Waals surface area contributed by atoms with Crippen LogP contribution in [-0.2, 0) is 0 Å². The van der Waals surface area contributed by atoms with Crippen LogP contribution in [0.25, 0.3) is 21.3 Å². The van der Waals surface area contributed by atoms with Crippen molar-refractivity contribution >= 4 is 16.7 Å². The molecular formula is C10H8N6O2. The van der Waals surface area contributed by atoms with Crippen molar-refractivity contribution in [3.05, 3.63) is 50.4 Å². The molecule has 2 aromatic rings. The Kier molecular flexibility index (Phi) is 2.94. The maximum Gasteiger partial charge on any atom is 0.257 e. The maximum atomic E-state index is 11.8. The second-order valence-corrected chi connectivity index (χ2v) is 3.48. The van der Waals surface area contributed by atoms with Gasteiger partial charge in [0.15, 0.2) is 5.84 Å². The van der Waals surface area contributed by atoms with Crippen molar-refractivity contribution in [1.82, 2.24) is 9.97 Å². The zero-order chi connectivity index (χ0) is 13.1. The van der Waals surface area contributed by atoms with Crippen LogP contribution in [0.5, 0.6) is 0 Å².